The average molecular weight is 167 g/mol. The van der Waals surface area contributed by atoms with E-state index in [1.54, 1.807) is 0 Å². The van der Waals surface area contributed by atoms with E-state index in [1.807, 2.05) is 0 Å². The minimum atomic E-state index is -0.183. The molecule has 1 aromatic rings. The first-order valence-corrected chi connectivity index (χ1v) is 3.28. The Kier molecular flexibility index (Phi) is 2.54. The first kappa shape index (κ1) is 8.41. The van der Waals surface area contributed by atoms with Crippen LogP contribution in [0.4, 0.5) is 11.6 Å². The topological polar surface area (TPSA) is 92.9 Å². The number of nitrogens with zero attached hydrogens (tertiary/aromatic N) is 2. The average Bonchev–Trinajstić information content (AvgIpc) is 2.05. The molecule has 0 saturated heterocycles. The molecule has 0 aliphatic rings. The molecule has 0 unspecified atom stereocenters. The van der Waals surface area contributed by atoms with E-state index in [1.165, 1.54) is 19.3 Å². The molecule has 0 aliphatic heterocycles. The van der Waals surface area contributed by atoms with Gasteiger partial charge in [-0.15, -0.1) is 0 Å². The molecular weight excluding hydrogens is 158 g/mol. The highest BCUT2D eigenvalue weighted by atomic mass is 16.1. The molecule has 6 heteroatoms. The summed E-state index contributed by atoms with van der Waals surface area (Å²) in [6, 6.07) is 0. The molecule has 0 spiro atoms. The second kappa shape index (κ2) is 3.63. The highest BCUT2D eigenvalue weighted by molar-refractivity contribution is 5.87. The SMILES string of the molecule is CC(=O)Nc1cnc(NN)cn1. The number of hydrazine groups is 1. The molecule has 0 fully saturated rings. The zero-order valence-electron chi connectivity index (χ0n) is 6.53. The lowest BCUT2D eigenvalue weighted by Gasteiger charge is -2.00. The van der Waals surface area contributed by atoms with Crippen molar-refractivity contribution in [1.82, 2.24) is 9.97 Å². The molecule has 0 bridgehead atoms. The van der Waals surface area contributed by atoms with Crippen molar-refractivity contribution in [1.29, 1.82) is 0 Å². The van der Waals surface area contributed by atoms with Crippen LogP contribution in [0, 0.1) is 0 Å². The summed E-state index contributed by atoms with van der Waals surface area (Å²) in [4.78, 5) is 18.2. The number of nitrogens with two attached hydrogens (primary N) is 1. The molecule has 0 aromatic carbocycles. The van der Waals surface area contributed by atoms with Gasteiger partial charge in [-0.2, -0.15) is 0 Å². The quantitative estimate of drug-likeness (QED) is 0.416. The van der Waals surface area contributed by atoms with E-state index in [0.29, 0.717) is 11.6 Å². The summed E-state index contributed by atoms with van der Waals surface area (Å²) in [5.41, 5.74) is 2.32. The van der Waals surface area contributed by atoms with Crippen LogP contribution in [0.3, 0.4) is 0 Å². The predicted molar refractivity (Wildman–Crippen MR) is 44.1 cm³/mol. The van der Waals surface area contributed by atoms with Crippen LogP contribution in [0.1, 0.15) is 6.92 Å². The molecular formula is C6H9N5O. The lowest BCUT2D eigenvalue weighted by atomic mass is 10.6. The number of anilines is 2. The van der Waals surface area contributed by atoms with E-state index in [9.17, 15) is 4.79 Å². The second-order valence-electron chi connectivity index (χ2n) is 2.11. The summed E-state index contributed by atoms with van der Waals surface area (Å²) in [7, 11) is 0. The summed E-state index contributed by atoms with van der Waals surface area (Å²) in [5, 5.41) is 2.47. The predicted octanol–water partition coefficient (Wildman–Crippen LogP) is -0.279. The van der Waals surface area contributed by atoms with E-state index in [2.05, 4.69) is 20.7 Å². The van der Waals surface area contributed by atoms with Gasteiger partial charge in [-0.1, -0.05) is 0 Å². The molecule has 1 heterocycles. The first-order chi connectivity index (χ1) is 5.72. The van der Waals surface area contributed by atoms with Crippen LogP contribution in [0.5, 0.6) is 0 Å². The molecule has 1 rings (SSSR count). The zero-order valence-corrected chi connectivity index (χ0v) is 6.53. The number of nitrogen functional groups attached to an aromatic ring is 1. The van der Waals surface area contributed by atoms with Crippen LogP contribution in [0.15, 0.2) is 12.4 Å². The Balaban J connectivity index is 2.71. The zero-order chi connectivity index (χ0) is 8.97. The molecule has 1 amide bonds. The Hall–Kier alpha value is -1.69. The Bertz CT molecular complexity index is 270. The van der Waals surface area contributed by atoms with Gasteiger partial charge in [0, 0.05) is 6.92 Å². The van der Waals surface area contributed by atoms with Gasteiger partial charge in [-0.25, -0.2) is 15.8 Å². The molecule has 64 valence electrons. The molecule has 1 aromatic heterocycles. The third-order valence-electron chi connectivity index (χ3n) is 1.10. The molecule has 12 heavy (non-hydrogen) atoms. The van der Waals surface area contributed by atoms with Crippen LogP contribution >= 0.6 is 0 Å². The Morgan fingerprint density at radius 3 is 2.42 bits per heavy atom. The second-order valence-corrected chi connectivity index (χ2v) is 2.11. The van der Waals surface area contributed by atoms with Crippen molar-refractivity contribution in [3.8, 4) is 0 Å². The highest BCUT2D eigenvalue weighted by Gasteiger charge is 1.96. The normalized spacial score (nSPS) is 9.17. The standard InChI is InChI=1S/C6H9N5O/c1-4(12)10-5-2-9-6(11-7)3-8-5/h2-3H,7H2,1H3,(H,9,11)(H,8,10,12). The fourth-order valence-corrected chi connectivity index (χ4v) is 0.647. The summed E-state index contributed by atoms with van der Waals surface area (Å²) in [6.07, 6.45) is 2.84. The fourth-order valence-electron chi connectivity index (χ4n) is 0.647. The van der Waals surface area contributed by atoms with Gasteiger partial charge in [0.15, 0.2) is 11.6 Å². The van der Waals surface area contributed by atoms with Crippen molar-refractivity contribution in [2.45, 2.75) is 6.92 Å². The molecule has 0 aliphatic carbocycles. The lowest BCUT2D eigenvalue weighted by molar-refractivity contribution is -0.114. The van der Waals surface area contributed by atoms with E-state index >= 15 is 0 Å². The van der Waals surface area contributed by atoms with Gasteiger partial charge in [0.1, 0.15) is 0 Å². The minimum Gasteiger partial charge on any atom is -0.310 e. The number of aromatic nitrogens is 2. The van der Waals surface area contributed by atoms with Gasteiger partial charge in [0.2, 0.25) is 5.91 Å². The van der Waals surface area contributed by atoms with E-state index in [-0.39, 0.29) is 5.91 Å². The van der Waals surface area contributed by atoms with Crippen molar-refractivity contribution < 1.29 is 4.79 Å². The highest BCUT2D eigenvalue weighted by Crippen LogP contribution is 2.02. The van der Waals surface area contributed by atoms with Gasteiger partial charge in [0.25, 0.3) is 0 Å². The van der Waals surface area contributed by atoms with Crippen molar-refractivity contribution in [2.75, 3.05) is 10.7 Å². The molecule has 6 nitrogen and oxygen atoms in total. The maximum Gasteiger partial charge on any atom is 0.222 e. The van der Waals surface area contributed by atoms with Crippen LogP contribution in [0.2, 0.25) is 0 Å². The first-order valence-electron chi connectivity index (χ1n) is 3.28. The van der Waals surface area contributed by atoms with Gasteiger partial charge in [-0.05, 0) is 0 Å². The lowest BCUT2D eigenvalue weighted by Crippen LogP contribution is -2.11. The maximum atomic E-state index is 10.5. The maximum absolute atomic E-state index is 10.5. The number of amides is 1. The number of rotatable bonds is 2. The molecule has 0 atom stereocenters. The van der Waals surface area contributed by atoms with Crippen molar-refractivity contribution in [2.24, 2.45) is 5.84 Å². The molecule has 0 saturated carbocycles. The Morgan fingerprint density at radius 1 is 1.42 bits per heavy atom. The molecule has 4 N–H and O–H groups in total. The van der Waals surface area contributed by atoms with E-state index < -0.39 is 0 Å². The summed E-state index contributed by atoms with van der Waals surface area (Å²) in [5.74, 6) is 5.73. The van der Waals surface area contributed by atoms with Crippen molar-refractivity contribution in [3.63, 3.8) is 0 Å². The third-order valence-corrected chi connectivity index (χ3v) is 1.10. The third kappa shape index (κ3) is 2.17. The van der Waals surface area contributed by atoms with Gasteiger partial charge in [0.05, 0.1) is 12.4 Å². The number of carbonyl (C=O) groups excluding carboxylic acids is 1. The van der Waals surface area contributed by atoms with Gasteiger partial charge in [-0.3, -0.25) is 4.79 Å². The largest absolute Gasteiger partial charge is 0.310 e. The summed E-state index contributed by atoms with van der Waals surface area (Å²) >= 11 is 0. The monoisotopic (exact) mass is 167 g/mol. The van der Waals surface area contributed by atoms with Gasteiger partial charge < -0.3 is 10.7 Å². The Morgan fingerprint density at radius 2 is 2.00 bits per heavy atom. The van der Waals surface area contributed by atoms with E-state index in [4.69, 9.17) is 5.84 Å². The van der Waals surface area contributed by atoms with Crippen LogP contribution < -0.4 is 16.6 Å². The summed E-state index contributed by atoms with van der Waals surface area (Å²) in [6.45, 7) is 1.40. The van der Waals surface area contributed by atoms with Crippen molar-refractivity contribution >= 4 is 17.5 Å². The van der Waals surface area contributed by atoms with Crippen LogP contribution in [-0.4, -0.2) is 15.9 Å². The van der Waals surface area contributed by atoms with Crippen molar-refractivity contribution in [3.05, 3.63) is 12.4 Å². The number of hydrogen-bond acceptors (Lipinski definition) is 5. The fraction of sp³-hybridized carbons (Fsp3) is 0.167. The number of nitrogens with one attached hydrogen (secondary N) is 2. The Labute approximate surface area is 69.2 Å². The number of carbonyl (C=O) groups is 1. The summed E-state index contributed by atoms with van der Waals surface area (Å²) < 4.78 is 0. The van der Waals surface area contributed by atoms with Crippen LogP contribution in [0.25, 0.3) is 0 Å². The van der Waals surface area contributed by atoms with Gasteiger partial charge >= 0.3 is 0 Å². The van der Waals surface area contributed by atoms with Crippen LogP contribution in [-0.2, 0) is 4.79 Å². The molecule has 0 radical (unpaired) electrons. The smallest absolute Gasteiger partial charge is 0.222 e. The number of hydrogen-bond donors (Lipinski definition) is 3. The van der Waals surface area contributed by atoms with E-state index in [0.717, 1.165) is 0 Å². The minimum absolute atomic E-state index is 0.183.